The average molecular weight is 315 g/mol. The summed E-state index contributed by atoms with van der Waals surface area (Å²) in [5, 5.41) is 2.52. The molecule has 2 aromatic rings. The van der Waals surface area contributed by atoms with Crippen LogP contribution in [-0.2, 0) is 6.18 Å². The molecule has 8 heteroatoms. The fourth-order valence-electron chi connectivity index (χ4n) is 1.62. The maximum absolute atomic E-state index is 13.5. The van der Waals surface area contributed by atoms with Crippen LogP contribution < -0.4 is 10.1 Å². The number of para-hydroxylation sites is 1. The molecule has 0 amide bonds. The topological polar surface area (TPSA) is 47.0 Å². The van der Waals surface area contributed by atoms with E-state index in [2.05, 4.69) is 15.3 Å². The first-order valence-electron chi connectivity index (χ1n) is 6.40. The molecule has 2 rings (SSSR count). The zero-order chi connectivity index (χ0) is 16.3. The Labute approximate surface area is 124 Å². The van der Waals surface area contributed by atoms with Crippen LogP contribution in [-0.4, -0.2) is 16.1 Å². The monoisotopic (exact) mass is 315 g/mol. The minimum Gasteiger partial charge on any atom is -0.474 e. The number of halogens is 4. The van der Waals surface area contributed by atoms with Gasteiger partial charge in [-0.25, -0.2) is 9.37 Å². The standard InChI is InChI=1S/C14H13F4N3O/c1-8(2)22-12-9(14(16,17)18)7-19-13(21-12)20-11-6-4-3-5-10(11)15/h3-8H,1-2H3,(H,19,20,21). The molecule has 0 radical (unpaired) electrons. The van der Waals surface area contributed by atoms with E-state index in [9.17, 15) is 17.6 Å². The van der Waals surface area contributed by atoms with Gasteiger partial charge in [0.2, 0.25) is 11.8 Å². The van der Waals surface area contributed by atoms with E-state index in [-0.39, 0.29) is 11.6 Å². The van der Waals surface area contributed by atoms with E-state index >= 15 is 0 Å². The maximum Gasteiger partial charge on any atom is 0.423 e. The molecule has 1 N–H and O–H groups in total. The molecule has 0 atom stereocenters. The maximum atomic E-state index is 13.5. The van der Waals surface area contributed by atoms with Crippen molar-refractivity contribution in [3.05, 3.63) is 41.8 Å². The Morgan fingerprint density at radius 1 is 1.18 bits per heavy atom. The minimum absolute atomic E-state index is 0.0535. The Morgan fingerprint density at radius 3 is 2.45 bits per heavy atom. The number of hydrogen-bond acceptors (Lipinski definition) is 4. The normalized spacial score (nSPS) is 11.6. The highest BCUT2D eigenvalue weighted by Gasteiger charge is 2.36. The van der Waals surface area contributed by atoms with Crippen molar-refractivity contribution in [2.45, 2.75) is 26.1 Å². The van der Waals surface area contributed by atoms with Crippen molar-refractivity contribution in [2.75, 3.05) is 5.32 Å². The van der Waals surface area contributed by atoms with Gasteiger partial charge in [0.15, 0.2) is 0 Å². The van der Waals surface area contributed by atoms with Gasteiger partial charge in [0, 0.05) is 6.20 Å². The van der Waals surface area contributed by atoms with E-state index in [1.165, 1.54) is 18.2 Å². The average Bonchev–Trinajstić information content (AvgIpc) is 2.39. The van der Waals surface area contributed by atoms with Crippen LogP contribution in [0.5, 0.6) is 5.88 Å². The molecule has 1 aromatic heterocycles. The predicted octanol–water partition coefficient (Wildman–Crippen LogP) is 4.17. The Balaban J connectivity index is 2.36. The van der Waals surface area contributed by atoms with Crippen LogP contribution in [0.1, 0.15) is 19.4 Å². The third-order valence-corrected chi connectivity index (χ3v) is 2.53. The first-order valence-corrected chi connectivity index (χ1v) is 6.40. The van der Waals surface area contributed by atoms with Crippen molar-refractivity contribution in [2.24, 2.45) is 0 Å². The molecular formula is C14H13F4N3O. The SMILES string of the molecule is CC(C)Oc1nc(Nc2ccccc2F)ncc1C(F)(F)F. The number of anilines is 2. The lowest BCUT2D eigenvalue weighted by molar-refractivity contribution is -0.139. The quantitative estimate of drug-likeness (QED) is 0.860. The third kappa shape index (κ3) is 3.84. The van der Waals surface area contributed by atoms with E-state index in [1.54, 1.807) is 19.9 Å². The number of hydrogen-bond donors (Lipinski definition) is 1. The van der Waals surface area contributed by atoms with Crippen molar-refractivity contribution in [3.8, 4) is 5.88 Å². The molecule has 0 aliphatic heterocycles. The summed E-state index contributed by atoms with van der Waals surface area (Å²) in [7, 11) is 0. The van der Waals surface area contributed by atoms with Crippen molar-refractivity contribution in [1.29, 1.82) is 0 Å². The molecule has 4 nitrogen and oxygen atoms in total. The van der Waals surface area contributed by atoms with E-state index in [0.717, 1.165) is 0 Å². The molecule has 118 valence electrons. The summed E-state index contributed by atoms with van der Waals surface area (Å²) in [4.78, 5) is 7.25. The van der Waals surface area contributed by atoms with E-state index in [0.29, 0.717) is 6.20 Å². The molecule has 22 heavy (non-hydrogen) atoms. The summed E-state index contributed by atoms with van der Waals surface area (Å²) in [5.41, 5.74) is -1.03. The van der Waals surface area contributed by atoms with Gasteiger partial charge in [-0.3, -0.25) is 0 Å². The second-order valence-electron chi connectivity index (χ2n) is 4.68. The summed E-state index contributed by atoms with van der Waals surface area (Å²) in [6, 6.07) is 5.68. The zero-order valence-electron chi connectivity index (χ0n) is 11.8. The van der Waals surface area contributed by atoms with Crippen molar-refractivity contribution < 1.29 is 22.3 Å². The van der Waals surface area contributed by atoms with Crippen LogP contribution in [0.2, 0.25) is 0 Å². The fourth-order valence-corrected chi connectivity index (χ4v) is 1.62. The van der Waals surface area contributed by atoms with Gasteiger partial charge in [0.1, 0.15) is 11.4 Å². The largest absolute Gasteiger partial charge is 0.474 e. The van der Waals surface area contributed by atoms with Crippen LogP contribution in [0, 0.1) is 5.82 Å². The van der Waals surface area contributed by atoms with Gasteiger partial charge in [-0.15, -0.1) is 0 Å². The van der Waals surface area contributed by atoms with E-state index < -0.39 is 29.5 Å². The molecule has 1 heterocycles. The van der Waals surface area contributed by atoms with Gasteiger partial charge in [0.05, 0.1) is 11.8 Å². The Hall–Kier alpha value is -2.38. The molecule has 0 aliphatic rings. The molecule has 0 unspecified atom stereocenters. The van der Waals surface area contributed by atoms with E-state index in [1.807, 2.05) is 0 Å². The van der Waals surface area contributed by atoms with Gasteiger partial charge in [-0.1, -0.05) is 12.1 Å². The van der Waals surface area contributed by atoms with Gasteiger partial charge in [-0.2, -0.15) is 18.2 Å². The second kappa shape index (κ2) is 6.17. The van der Waals surface area contributed by atoms with Gasteiger partial charge < -0.3 is 10.1 Å². The highest BCUT2D eigenvalue weighted by atomic mass is 19.4. The lowest BCUT2D eigenvalue weighted by Gasteiger charge is -2.16. The number of benzene rings is 1. The summed E-state index contributed by atoms with van der Waals surface area (Å²) in [5.74, 6) is -1.36. The van der Waals surface area contributed by atoms with E-state index in [4.69, 9.17) is 4.74 Å². The third-order valence-electron chi connectivity index (χ3n) is 2.53. The van der Waals surface area contributed by atoms with Crippen LogP contribution in [0.15, 0.2) is 30.5 Å². The lowest BCUT2D eigenvalue weighted by Crippen LogP contribution is -2.15. The Morgan fingerprint density at radius 2 is 1.86 bits per heavy atom. The highest BCUT2D eigenvalue weighted by molar-refractivity contribution is 5.54. The van der Waals surface area contributed by atoms with Crippen LogP contribution in [0.25, 0.3) is 0 Å². The van der Waals surface area contributed by atoms with Crippen LogP contribution in [0.4, 0.5) is 29.2 Å². The summed E-state index contributed by atoms with van der Waals surface area (Å²) < 4.78 is 57.2. The number of alkyl halides is 3. The molecule has 0 spiro atoms. The number of aromatic nitrogens is 2. The fraction of sp³-hybridized carbons (Fsp3) is 0.286. The van der Waals surface area contributed by atoms with Crippen LogP contribution >= 0.6 is 0 Å². The van der Waals surface area contributed by atoms with Gasteiger partial charge in [0.25, 0.3) is 0 Å². The Kier molecular flexibility index (Phi) is 4.48. The molecule has 0 bridgehead atoms. The molecular weight excluding hydrogens is 302 g/mol. The zero-order valence-corrected chi connectivity index (χ0v) is 11.8. The summed E-state index contributed by atoms with van der Waals surface area (Å²) in [6.45, 7) is 3.15. The Bertz CT molecular complexity index is 659. The summed E-state index contributed by atoms with van der Waals surface area (Å²) in [6.07, 6.45) is -4.54. The molecule has 0 saturated carbocycles. The predicted molar refractivity (Wildman–Crippen MR) is 72.5 cm³/mol. The molecule has 0 saturated heterocycles. The smallest absolute Gasteiger partial charge is 0.423 e. The molecule has 1 aromatic carbocycles. The highest BCUT2D eigenvalue weighted by Crippen LogP contribution is 2.35. The van der Waals surface area contributed by atoms with Crippen molar-refractivity contribution >= 4 is 11.6 Å². The number of rotatable bonds is 4. The summed E-state index contributed by atoms with van der Waals surface area (Å²) >= 11 is 0. The lowest BCUT2D eigenvalue weighted by atomic mass is 10.3. The number of ether oxygens (including phenoxy) is 1. The van der Waals surface area contributed by atoms with Crippen molar-refractivity contribution in [1.82, 2.24) is 9.97 Å². The van der Waals surface area contributed by atoms with Gasteiger partial charge in [-0.05, 0) is 26.0 Å². The first-order chi connectivity index (χ1) is 10.3. The number of nitrogens with zero attached hydrogens (tertiary/aromatic N) is 2. The minimum atomic E-state index is -4.64. The molecule has 0 aliphatic carbocycles. The first kappa shape index (κ1) is 16.0. The molecule has 0 fully saturated rings. The van der Waals surface area contributed by atoms with Gasteiger partial charge >= 0.3 is 6.18 Å². The second-order valence-corrected chi connectivity index (χ2v) is 4.68. The number of nitrogens with one attached hydrogen (secondary N) is 1. The van der Waals surface area contributed by atoms with Crippen LogP contribution in [0.3, 0.4) is 0 Å². The van der Waals surface area contributed by atoms with Crippen molar-refractivity contribution in [3.63, 3.8) is 0 Å².